The summed E-state index contributed by atoms with van der Waals surface area (Å²) in [6.45, 7) is 0. The minimum Gasteiger partial charge on any atom is -0.261 e. The molecule has 1 aliphatic carbocycles. The molecule has 2 heterocycles. The smallest absolute Gasteiger partial charge is 0.158 e. The number of nitrogens with zero attached hydrogens (tertiary/aromatic N) is 3. The summed E-state index contributed by atoms with van der Waals surface area (Å²) in [5.41, 5.74) is 5.59. The number of hydrogen-bond donors (Lipinski definition) is 1. The minimum absolute atomic E-state index is 0.788. The molecule has 3 aromatic rings. The van der Waals surface area contributed by atoms with Crippen molar-refractivity contribution in [3.8, 4) is 0 Å². The number of thiophene rings is 1. The number of anilines is 1. The fourth-order valence-corrected chi connectivity index (χ4v) is 4.51. The van der Waals surface area contributed by atoms with Gasteiger partial charge >= 0.3 is 0 Å². The van der Waals surface area contributed by atoms with E-state index in [9.17, 15) is 0 Å². The predicted molar refractivity (Wildman–Crippen MR) is 105 cm³/mol. The Morgan fingerprint density at radius 1 is 1.21 bits per heavy atom. The van der Waals surface area contributed by atoms with E-state index in [0.29, 0.717) is 0 Å². The molecular weight excluding hydrogens is 384 g/mol. The first-order valence-corrected chi connectivity index (χ1v) is 9.39. The number of fused-ring (bicyclic) bond motifs is 3. The van der Waals surface area contributed by atoms with Gasteiger partial charge in [0, 0.05) is 9.36 Å². The Hall–Kier alpha value is -2.05. The molecule has 0 fully saturated rings. The van der Waals surface area contributed by atoms with E-state index in [1.807, 2.05) is 36.4 Å². The van der Waals surface area contributed by atoms with Crippen molar-refractivity contribution in [3.63, 3.8) is 0 Å². The first-order valence-electron chi connectivity index (χ1n) is 7.78. The summed E-state index contributed by atoms with van der Waals surface area (Å²) >= 11 is 5.30. The molecule has 1 aromatic carbocycles. The molecule has 4 rings (SSSR count). The van der Waals surface area contributed by atoms with Crippen LogP contribution < -0.4 is 5.43 Å². The maximum Gasteiger partial charge on any atom is 0.158 e. The van der Waals surface area contributed by atoms with Gasteiger partial charge in [-0.25, -0.2) is 9.97 Å². The number of aryl methyl sites for hydroxylation is 2. The standard InChI is InChI=1S/C18H15BrN4S/c19-13(9-12-5-2-1-3-6-12)10-22-23-17-16-14-7-4-8-15(14)24-18(16)21-11-20-17/h1-3,5-6,9-11H,4,7-8H2,(H,20,21,23)/b13-9+,22-10-. The second kappa shape index (κ2) is 6.83. The molecule has 0 unspecified atom stereocenters. The van der Waals surface area contributed by atoms with Gasteiger partial charge in [-0.15, -0.1) is 11.3 Å². The van der Waals surface area contributed by atoms with Crippen molar-refractivity contribution in [1.82, 2.24) is 9.97 Å². The number of rotatable bonds is 4. The van der Waals surface area contributed by atoms with Crippen LogP contribution >= 0.6 is 27.3 Å². The van der Waals surface area contributed by atoms with Crippen LogP contribution in [0.5, 0.6) is 0 Å². The lowest BCUT2D eigenvalue weighted by atomic mass is 10.2. The molecule has 1 N–H and O–H groups in total. The topological polar surface area (TPSA) is 50.2 Å². The van der Waals surface area contributed by atoms with E-state index < -0.39 is 0 Å². The van der Waals surface area contributed by atoms with Crippen molar-refractivity contribution in [2.45, 2.75) is 19.3 Å². The zero-order chi connectivity index (χ0) is 16.4. The lowest BCUT2D eigenvalue weighted by Gasteiger charge is -2.02. The van der Waals surface area contributed by atoms with Crippen LogP contribution in [0.2, 0.25) is 0 Å². The number of nitrogens with one attached hydrogen (secondary N) is 1. The van der Waals surface area contributed by atoms with Crippen molar-refractivity contribution >= 4 is 55.6 Å². The predicted octanol–water partition coefficient (Wildman–Crippen LogP) is 5.01. The van der Waals surface area contributed by atoms with E-state index >= 15 is 0 Å². The second-order valence-electron chi connectivity index (χ2n) is 5.57. The van der Waals surface area contributed by atoms with Gasteiger partial charge < -0.3 is 0 Å². The Morgan fingerprint density at radius 2 is 2.08 bits per heavy atom. The second-order valence-corrected chi connectivity index (χ2v) is 7.57. The first kappa shape index (κ1) is 15.5. The molecule has 0 atom stereocenters. The van der Waals surface area contributed by atoms with Crippen molar-refractivity contribution in [3.05, 3.63) is 57.1 Å². The van der Waals surface area contributed by atoms with Gasteiger partial charge in [-0.05, 0) is 52.4 Å². The lowest BCUT2D eigenvalue weighted by molar-refractivity contribution is 0.917. The number of hydrogen-bond acceptors (Lipinski definition) is 5. The van der Waals surface area contributed by atoms with Crippen molar-refractivity contribution in [2.75, 3.05) is 5.43 Å². The van der Waals surface area contributed by atoms with Gasteiger partial charge in [-0.2, -0.15) is 5.10 Å². The van der Waals surface area contributed by atoms with Crippen LogP contribution in [0.1, 0.15) is 22.4 Å². The highest BCUT2D eigenvalue weighted by Crippen LogP contribution is 2.38. The quantitative estimate of drug-likeness (QED) is 0.496. The Balaban J connectivity index is 1.56. The molecule has 24 heavy (non-hydrogen) atoms. The average Bonchev–Trinajstić information content (AvgIpc) is 3.16. The highest BCUT2D eigenvalue weighted by atomic mass is 79.9. The van der Waals surface area contributed by atoms with Gasteiger partial charge in [-0.3, -0.25) is 5.43 Å². The van der Waals surface area contributed by atoms with Gasteiger partial charge in [0.1, 0.15) is 11.2 Å². The highest BCUT2D eigenvalue weighted by molar-refractivity contribution is 9.12. The van der Waals surface area contributed by atoms with Gasteiger partial charge in [0.25, 0.3) is 0 Å². The lowest BCUT2D eigenvalue weighted by Crippen LogP contribution is -1.95. The normalized spacial score (nSPS) is 14.5. The molecule has 0 aliphatic heterocycles. The van der Waals surface area contributed by atoms with Crippen LogP contribution in [0.15, 0.2) is 46.2 Å². The average molecular weight is 399 g/mol. The molecule has 0 amide bonds. The van der Waals surface area contributed by atoms with Gasteiger partial charge in [0.2, 0.25) is 0 Å². The first-order chi connectivity index (χ1) is 11.8. The van der Waals surface area contributed by atoms with Gasteiger partial charge in [-0.1, -0.05) is 30.3 Å². The summed E-state index contributed by atoms with van der Waals surface area (Å²) in [6.07, 6.45) is 8.85. The number of hydrazone groups is 1. The van der Waals surface area contributed by atoms with Crippen LogP contribution in [-0.2, 0) is 12.8 Å². The Morgan fingerprint density at radius 3 is 2.96 bits per heavy atom. The number of aromatic nitrogens is 2. The van der Waals surface area contributed by atoms with Gasteiger partial charge in [0.05, 0.1) is 11.6 Å². The van der Waals surface area contributed by atoms with Crippen LogP contribution in [-0.4, -0.2) is 16.2 Å². The zero-order valence-corrected chi connectivity index (χ0v) is 15.3. The van der Waals surface area contributed by atoms with Crippen LogP contribution in [0.25, 0.3) is 16.3 Å². The van der Waals surface area contributed by atoms with Crippen molar-refractivity contribution in [1.29, 1.82) is 0 Å². The number of allylic oxidation sites excluding steroid dienone is 1. The minimum atomic E-state index is 0.788. The van der Waals surface area contributed by atoms with E-state index in [1.165, 1.54) is 16.9 Å². The molecule has 2 aromatic heterocycles. The van der Waals surface area contributed by atoms with E-state index in [2.05, 4.69) is 36.4 Å². The molecule has 0 bridgehead atoms. The van der Waals surface area contributed by atoms with E-state index in [4.69, 9.17) is 0 Å². The molecule has 0 saturated carbocycles. The molecule has 0 spiro atoms. The maximum atomic E-state index is 4.40. The van der Waals surface area contributed by atoms with Crippen molar-refractivity contribution < 1.29 is 0 Å². The van der Waals surface area contributed by atoms with E-state index in [-0.39, 0.29) is 0 Å². The van der Waals surface area contributed by atoms with Crippen LogP contribution in [0, 0.1) is 0 Å². The number of halogens is 1. The Labute approximate surface area is 152 Å². The summed E-state index contributed by atoms with van der Waals surface area (Å²) in [5.74, 6) is 0.788. The molecular formula is C18H15BrN4S. The van der Waals surface area contributed by atoms with Crippen LogP contribution in [0.3, 0.4) is 0 Å². The molecule has 6 heteroatoms. The van der Waals surface area contributed by atoms with Crippen LogP contribution in [0.4, 0.5) is 5.82 Å². The zero-order valence-electron chi connectivity index (χ0n) is 12.9. The Bertz CT molecular complexity index is 931. The molecule has 1 aliphatic rings. The third-order valence-electron chi connectivity index (χ3n) is 3.96. The summed E-state index contributed by atoms with van der Waals surface area (Å²) in [7, 11) is 0. The van der Waals surface area contributed by atoms with Crippen molar-refractivity contribution in [2.24, 2.45) is 5.10 Å². The maximum absolute atomic E-state index is 4.40. The largest absolute Gasteiger partial charge is 0.261 e. The summed E-state index contributed by atoms with van der Waals surface area (Å²) in [5, 5.41) is 5.45. The molecule has 120 valence electrons. The molecule has 0 saturated heterocycles. The summed E-state index contributed by atoms with van der Waals surface area (Å²) in [4.78, 5) is 11.3. The van der Waals surface area contributed by atoms with E-state index in [0.717, 1.165) is 38.9 Å². The van der Waals surface area contributed by atoms with Gasteiger partial charge in [0.15, 0.2) is 5.82 Å². The Kier molecular flexibility index (Phi) is 4.40. The fourth-order valence-electron chi connectivity index (χ4n) is 2.91. The van der Waals surface area contributed by atoms with E-state index in [1.54, 1.807) is 23.9 Å². The summed E-state index contributed by atoms with van der Waals surface area (Å²) < 4.78 is 0.891. The number of benzene rings is 1. The molecule has 4 nitrogen and oxygen atoms in total. The highest BCUT2D eigenvalue weighted by Gasteiger charge is 2.20. The summed E-state index contributed by atoms with van der Waals surface area (Å²) in [6, 6.07) is 10.1. The third-order valence-corrected chi connectivity index (χ3v) is 5.60. The molecule has 0 radical (unpaired) electrons. The third kappa shape index (κ3) is 3.12. The fraction of sp³-hybridized carbons (Fsp3) is 0.167. The SMILES string of the molecule is BrC(/C=N\Nc1ncnc2sc3c(c12)CCC3)=C/c1ccccc1. The monoisotopic (exact) mass is 398 g/mol.